The quantitative estimate of drug-likeness (QED) is 0.0759. The Balaban J connectivity index is 0.000000447. The maximum Gasteiger partial charge on any atom is 1.00 e. The molecule has 0 aromatic carbocycles. The van der Waals surface area contributed by atoms with Gasteiger partial charge in [-0.15, -0.1) is 0 Å². The van der Waals surface area contributed by atoms with Gasteiger partial charge in [-0.05, 0) is 74.2 Å². The molecule has 0 radical (unpaired) electrons. The van der Waals surface area contributed by atoms with Crippen molar-refractivity contribution >= 4 is 40.5 Å². The molecule has 2 saturated carbocycles. The minimum atomic E-state index is -10.7. The molecule has 2 aliphatic rings. The van der Waals surface area contributed by atoms with Gasteiger partial charge in [-0.2, -0.15) is 0 Å². The monoisotopic (exact) mass is 1000 g/mol. The van der Waals surface area contributed by atoms with Gasteiger partial charge in [0.25, 0.3) is 0 Å². The van der Waals surface area contributed by atoms with E-state index < -0.39 is 15.6 Å². The average Bonchev–Trinajstić information content (AvgIpc) is 3.15. The number of pyridine rings is 4. The molecule has 2 fully saturated rings. The van der Waals surface area contributed by atoms with Gasteiger partial charge < -0.3 is 0 Å². The number of aromatic nitrogens is 4. The maximum absolute atomic E-state index is 10.7. The van der Waals surface area contributed by atoms with Crippen molar-refractivity contribution < 1.29 is 84.5 Å². The van der Waals surface area contributed by atoms with Crippen molar-refractivity contribution in [2.45, 2.75) is 75.5 Å². The van der Waals surface area contributed by atoms with E-state index >= 15 is 0 Å². The minimum Gasteiger partial charge on any atom is 1.00 e. The molecule has 0 amide bonds. The Bertz CT molecular complexity index is 1670. The molecular formula is C36H40Cu2F12N8P2. The van der Waals surface area contributed by atoms with Gasteiger partial charge in [0, 0.05) is 49.6 Å². The molecule has 4 aromatic heterocycles. The summed E-state index contributed by atoms with van der Waals surface area (Å²) >= 11 is 0. The molecule has 60 heavy (non-hydrogen) atoms. The van der Waals surface area contributed by atoms with Crippen LogP contribution in [0.15, 0.2) is 118 Å². The SMILES string of the molecule is C(=N[C@@H]1CCCC[C@H]1N=Cc1ccccn1)c1ccccn1.C(=N[C@H]1CCCC[C@@H]1N=Cc1ccccn1)c1ccccn1.F[P-](F)(F)(F)(F)F.F[P-](F)(F)(F)(F)F.[Cu+].[Cu+]. The van der Waals surface area contributed by atoms with Crippen molar-refractivity contribution in [2.24, 2.45) is 20.0 Å². The van der Waals surface area contributed by atoms with E-state index in [1.54, 1.807) is 24.8 Å². The summed E-state index contributed by atoms with van der Waals surface area (Å²) in [5.41, 5.74) is 3.61. The summed E-state index contributed by atoms with van der Waals surface area (Å²) in [6, 6.07) is 24.4. The van der Waals surface area contributed by atoms with E-state index in [1.807, 2.05) is 97.7 Å². The number of hydrogen-bond donors (Lipinski definition) is 0. The third-order valence-electron chi connectivity index (χ3n) is 7.73. The Morgan fingerprint density at radius 1 is 0.367 bits per heavy atom. The van der Waals surface area contributed by atoms with Crippen LogP contribution in [0.5, 0.6) is 0 Å². The molecule has 0 aliphatic heterocycles. The molecule has 0 N–H and O–H groups in total. The van der Waals surface area contributed by atoms with E-state index in [-0.39, 0.29) is 58.3 Å². The molecule has 4 heterocycles. The van der Waals surface area contributed by atoms with Crippen LogP contribution in [0.1, 0.15) is 74.1 Å². The second-order valence-electron chi connectivity index (χ2n) is 12.9. The first-order chi connectivity index (χ1) is 26.7. The zero-order valence-corrected chi connectivity index (χ0v) is 34.8. The van der Waals surface area contributed by atoms with Crippen molar-refractivity contribution in [1.29, 1.82) is 0 Å². The van der Waals surface area contributed by atoms with Gasteiger partial charge in [0.15, 0.2) is 0 Å². The van der Waals surface area contributed by atoms with E-state index in [1.165, 1.54) is 25.7 Å². The average molecular weight is 1000 g/mol. The van der Waals surface area contributed by atoms with Gasteiger partial charge >= 0.3 is 100 Å². The van der Waals surface area contributed by atoms with Gasteiger partial charge in [0.1, 0.15) is 0 Å². The summed E-state index contributed by atoms with van der Waals surface area (Å²) in [7, 11) is -21.3. The largest absolute Gasteiger partial charge is 1.00 e. The third-order valence-corrected chi connectivity index (χ3v) is 7.73. The van der Waals surface area contributed by atoms with Crippen molar-refractivity contribution in [1.82, 2.24) is 19.9 Å². The van der Waals surface area contributed by atoms with E-state index in [0.29, 0.717) is 0 Å². The Hall–Kier alpha value is -3.66. The number of hydrogen-bond acceptors (Lipinski definition) is 8. The van der Waals surface area contributed by atoms with Gasteiger partial charge in [0.2, 0.25) is 0 Å². The normalized spacial score (nSPS) is 21.8. The van der Waals surface area contributed by atoms with Crippen molar-refractivity contribution in [3.05, 3.63) is 120 Å². The van der Waals surface area contributed by atoms with Gasteiger partial charge in [0.05, 0.1) is 46.9 Å². The molecule has 0 unspecified atom stereocenters. The first kappa shape index (κ1) is 54.4. The van der Waals surface area contributed by atoms with Crippen LogP contribution in [0, 0.1) is 0 Å². The Kier molecular flexibility index (Phi) is 19.9. The third kappa shape index (κ3) is 31.2. The van der Waals surface area contributed by atoms with Crippen LogP contribution in [0.2, 0.25) is 0 Å². The Morgan fingerprint density at radius 3 is 0.700 bits per heavy atom. The molecule has 24 heteroatoms. The fourth-order valence-corrected chi connectivity index (χ4v) is 5.38. The van der Waals surface area contributed by atoms with Gasteiger partial charge in [-0.25, -0.2) is 0 Å². The predicted molar refractivity (Wildman–Crippen MR) is 207 cm³/mol. The number of halogens is 12. The van der Waals surface area contributed by atoms with Crippen LogP contribution in [0.4, 0.5) is 50.4 Å². The summed E-state index contributed by atoms with van der Waals surface area (Å²) in [4.78, 5) is 36.0. The first-order valence-electron chi connectivity index (χ1n) is 17.6. The van der Waals surface area contributed by atoms with Gasteiger partial charge in [-0.3, -0.25) is 39.9 Å². The van der Waals surface area contributed by atoms with Crippen LogP contribution in [0.3, 0.4) is 0 Å². The molecule has 0 spiro atoms. The summed E-state index contributed by atoms with van der Waals surface area (Å²) in [6.07, 6.45) is 23.9. The van der Waals surface area contributed by atoms with Crippen molar-refractivity contribution in [3.63, 3.8) is 0 Å². The topological polar surface area (TPSA) is 101 Å². The fraction of sp³-hybridized carbons (Fsp3) is 0.333. The molecule has 0 saturated heterocycles. The molecule has 0 bridgehead atoms. The molecule has 2 aliphatic carbocycles. The van der Waals surface area contributed by atoms with Crippen molar-refractivity contribution in [3.8, 4) is 0 Å². The van der Waals surface area contributed by atoms with Crippen LogP contribution in [0.25, 0.3) is 0 Å². The van der Waals surface area contributed by atoms with Crippen LogP contribution < -0.4 is 0 Å². The smallest absolute Gasteiger partial charge is 1.00 e. The van der Waals surface area contributed by atoms with Crippen LogP contribution in [-0.2, 0) is 34.1 Å². The van der Waals surface area contributed by atoms with Crippen LogP contribution in [-0.4, -0.2) is 69.0 Å². The molecular weight excluding hydrogens is 961 g/mol. The summed E-state index contributed by atoms with van der Waals surface area (Å²) < 4.78 is 118. The Morgan fingerprint density at radius 2 is 0.550 bits per heavy atom. The molecule has 340 valence electrons. The van der Waals surface area contributed by atoms with E-state index in [2.05, 4.69) is 19.9 Å². The standard InChI is InChI=1S/2C18H20N4.2Cu.2F6P/c2*1-2-10-18(22-14-16-8-4-6-12-20-16)17(9-1)21-13-15-7-3-5-11-19-15;;;2*1-7(2,3,4,5)6/h2*3-8,11-14,17-18H,1-2,9-10H2;;;;/q;;2*+1;2*-1/t2*17-,18-;;;;/m10..../s1. The zero-order chi connectivity index (χ0) is 42.9. The molecule has 8 nitrogen and oxygen atoms in total. The summed E-state index contributed by atoms with van der Waals surface area (Å²) in [5.74, 6) is 0. The Labute approximate surface area is 359 Å². The van der Waals surface area contributed by atoms with Gasteiger partial charge in [-0.1, -0.05) is 49.9 Å². The zero-order valence-electron chi connectivity index (χ0n) is 31.1. The molecule has 6 rings (SSSR count). The second-order valence-corrected chi connectivity index (χ2v) is 16.7. The maximum atomic E-state index is 9.87. The van der Waals surface area contributed by atoms with Crippen molar-refractivity contribution in [2.75, 3.05) is 0 Å². The number of rotatable bonds is 8. The fourth-order valence-electron chi connectivity index (χ4n) is 5.38. The van der Waals surface area contributed by atoms with Crippen LogP contribution >= 0.6 is 15.6 Å². The summed E-state index contributed by atoms with van der Waals surface area (Å²) in [5, 5.41) is 0. The first-order valence-corrected chi connectivity index (χ1v) is 21.7. The minimum absolute atomic E-state index is 0. The second kappa shape index (κ2) is 21.9. The summed E-state index contributed by atoms with van der Waals surface area (Å²) in [6.45, 7) is 0. The molecule has 4 atom stereocenters. The number of nitrogens with zero attached hydrogens (tertiary/aromatic N) is 8. The van der Waals surface area contributed by atoms with E-state index in [9.17, 15) is 50.4 Å². The predicted octanol–water partition coefficient (Wildman–Crippen LogP) is 13.4. The van der Waals surface area contributed by atoms with E-state index in [0.717, 1.165) is 48.5 Å². The van der Waals surface area contributed by atoms with E-state index in [4.69, 9.17) is 20.0 Å². The number of aliphatic imine (C=N–C) groups is 4. The molecule has 4 aromatic rings.